The Morgan fingerprint density at radius 3 is 2.40 bits per heavy atom. The molecule has 0 fully saturated rings. The Labute approximate surface area is 148 Å². The molecule has 0 unspecified atom stereocenters. The van der Waals surface area contributed by atoms with Gasteiger partial charge in [-0.15, -0.1) is 0 Å². The third-order valence-electron chi connectivity index (χ3n) is 4.43. The first-order valence-electron chi connectivity index (χ1n) is 8.81. The summed E-state index contributed by atoms with van der Waals surface area (Å²) in [6.07, 6.45) is 3.72. The molecule has 3 nitrogen and oxygen atoms in total. The fourth-order valence-electron chi connectivity index (χ4n) is 2.97. The van der Waals surface area contributed by atoms with Gasteiger partial charge in [0, 0.05) is 5.69 Å². The summed E-state index contributed by atoms with van der Waals surface area (Å²) >= 11 is 0. The van der Waals surface area contributed by atoms with Gasteiger partial charge in [-0.05, 0) is 47.7 Å². The van der Waals surface area contributed by atoms with Crippen LogP contribution in [0, 0.1) is 0 Å². The van der Waals surface area contributed by atoms with E-state index in [1.807, 2.05) is 42.5 Å². The zero-order chi connectivity index (χ0) is 17.5. The van der Waals surface area contributed by atoms with Crippen molar-refractivity contribution in [1.82, 2.24) is 0 Å². The minimum absolute atomic E-state index is 0.116. The van der Waals surface area contributed by atoms with Gasteiger partial charge in [0.05, 0.1) is 6.04 Å². The van der Waals surface area contributed by atoms with E-state index in [0.29, 0.717) is 6.42 Å². The Balaban J connectivity index is 1.46. The van der Waals surface area contributed by atoms with Gasteiger partial charge in [-0.3, -0.25) is 4.79 Å². The third kappa shape index (κ3) is 4.91. The van der Waals surface area contributed by atoms with Crippen LogP contribution in [-0.2, 0) is 11.2 Å². The maximum atomic E-state index is 12.3. The zero-order valence-corrected chi connectivity index (χ0v) is 14.3. The van der Waals surface area contributed by atoms with Gasteiger partial charge in [-0.25, -0.2) is 0 Å². The van der Waals surface area contributed by atoms with Crippen LogP contribution in [0.5, 0.6) is 0 Å². The molecule has 128 valence electrons. The van der Waals surface area contributed by atoms with Crippen LogP contribution in [0.25, 0.3) is 10.8 Å². The fraction of sp³-hybridized carbons (Fsp3) is 0.227. The first kappa shape index (κ1) is 17.2. The predicted molar refractivity (Wildman–Crippen MR) is 105 cm³/mol. The number of carbonyl (C=O) groups is 1. The molecule has 3 N–H and O–H groups in total. The molecule has 0 heterocycles. The lowest BCUT2D eigenvalue weighted by molar-refractivity contribution is -0.117. The molecule has 25 heavy (non-hydrogen) atoms. The van der Waals surface area contributed by atoms with Gasteiger partial charge in [0.25, 0.3) is 0 Å². The van der Waals surface area contributed by atoms with Crippen molar-refractivity contribution >= 4 is 22.4 Å². The van der Waals surface area contributed by atoms with E-state index in [0.717, 1.165) is 35.7 Å². The maximum absolute atomic E-state index is 12.3. The predicted octanol–water partition coefficient (Wildman–Crippen LogP) is 4.52. The Kier molecular flexibility index (Phi) is 5.81. The van der Waals surface area contributed by atoms with Crippen LogP contribution in [0.4, 0.5) is 5.69 Å². The Morgan fingerprint density at radius 1 is 0.880 bits per heavy atom. The molecular weight excluding hydrogens is 308 g/mol. The van der Waals surface area contributed by atoms with Crippen molar-refractivity contribution in [3.63, 3.8) is 0 Å². The van der Waals surface area contributed by atoms with Crippen molar-refractivity contribution in [3.8, 4) is 0 Å². The zero-order valence-electron chi connectivity index (χ0n) is 14.3. The summed E-state index contributed by atoms with van der Waals surface area (Å²) in [5.74, 6) is -0.116. The molecule has 0 saturated heterocycles. The summed E-state index contributed by atoms with van der Waals surface area (Å²) in [7, 11) is 0. The van der Waals surface area contributed by atoms with Gasteiger partial charge in [0.2, 0.25) is 5.91 Å². The topological polar surface area (TPSA) is 55.1 Å². The quantitative estimate of drug-likeness (QED) is 0.625. The van der Waals surface area contributed by atoms with E-state index in [4.69, 9.17) is 5.73 Å². The molecule has 0 aliphatic carbocycles. The van der Waals surface area contributed by atoms with Gasteiger partial charge in [0.1, 0.15) is 0 Å². The standard InChI is InChI=1S/C22H24N2O/c23-21(13-7-4-10-17-8-2-1-3-9-17)22(25)24-20-15-14-18-11-5-6-12-19(18)16-20/h1-3,5-6,8-9,11-12,14-16,21H,4,7,10,13,23H2,(H,24,25)/t21-/m0/s1. The van der Waals surface area contributed by atoms with Crippen LogP contribution in [-0.4, -0.2) is 11.9 Å². The SMILES string of the molecule is N[C@@H](CCCCc1ccccc1)C(=O)Nc1ccc2ccccc2c1. The lowest BCUT2D eigenvalue weighted by atomic mass is 10.0. The van der Waals surface area contributed by atoms with E-state index in [9.17, 15) is 4.79 Å². The average Bonchev–Trinajstić information content (AvgIpc) is 2.65. The highest BCUT2D eigenvalue weighted by Crippen LogP contribution is 2.19. The highest BCUT2D eigenvalue weighted by molar-refractivity contribution is 5.97. The van der Waals surface area contributed by atoms with Crippen molar-refractivity contribution in [2.45, 2.75) is 31.7 Å². The minimum Gasteiger partial charge on any atom is -0.325 e. The minimum atomic E-state index is -0.470. The Morgan fingerprint density at radius 2 is 1.60 bits per heavy atom. The Bertz CT molecular complexity index is 830. The van der Waals surface area contributed by atoms with E-state index < -0.39 is 6.04 Å². The number of carbonyl (C=O) groups excluding carboxylic acids is 1. The summed E-state index contributed by atoms with van der Waals surface area (Å²) in [6, 6.07) is 23.9. The number of anilines is 1. The second-order valence-electron chi connectivity index (χ2n) is 6.39. The number of nitrogens with two attached hydrogens (primary N) is 1. The van der Waals surface area contributed by atoms with Gasteiger partial charge in [-0.1, -0.05) is 67.1 Å². The molecule has 0 radical (unpaired) electrons. The van der Waals surface area contributed by atoms with Crippen LogP contribution in [0.3, 0.4) is 0 Å². The van der Waals surface area contributed by atoms with Crippen molar-refractivity contribution in [1.29, 1.82) is 0 Å². The number of nitrogens with one attached hydrogen (secondary N) is 1. The highest BCUT2D eigenvalue weighted by Gasteiger charge is 2.13. The van der Waals surface area contributed by atoms with Crippen molar-refractivity contribution < 1.29 is 4.79 Å². The molecule has 0 aliphatic heterocycles. The van der Waals surface area contributed by atoms with E-state index in [-0.39, 0.29) is 5.91 Å². The van der Waals surface area contributed by atoms with Gasteiger partial charge >= 0.3 is 0 Å². The van der Waals surface area contributed by atoms with Crippen molar-refractivity contribution in [2.24, 2.45) is 5.73 Å². The Hall–Kier alpha value is -2.65. The monoisotopic (exact) mass is 332 g/mol. The molecule has 0 bridgehead atoms. The summed E-state index contributed by atoms with van der Waals surface area (Å²) in [6.45, 7) is 0. The number of aryl methyl sites for hydroxylation is 1. The van der Waals surface area contributed by atoms with Gasteiger partial charge in [0.15, 0.2) is 0 Å². The first-order valence-corrected chi connectivity index (χ1v) is 8.81. The third-order valence-corrected chi connectivity index (χ3v) is 4.43. The molecule has 0 saturated carbocycles. The van der Waals surface area contributed by atoms with Crippen molar-refractivity contribution in [3.05, 3.63) is 78.4 Å². The second-order valence-corrected chi connectivity index (χ2v) is 6.39. The molecule has 1 amide bonds. The number of hydrogen-bond donors (Lipinski definition) is 2. The maximum Gasteiger partial charge on any atom is 0.241 e. The molecule has 0 aliphatic rings. The number of fused-ring (bicyclic) bond motifs is 1. The van der Waals surface area contributed by atoms with Crippen LogP contribution < -0.4 is 11.1 Å². The molecule has 0 spiro atoms. The normalized spacial score (nSPS) is 12.0. The molecule has 3 heteroatoms. The van der Waals surface area contributed by atoms with E-state index in [2.05, 4.69) is 35.6 Å². The smallest absolute Gasteiger partial charge is 0.241 e. The lowest BCUT2D eigenvalue weighted by Crippen LogP contribution is -2.35. The van der Waals surface area contributed by atoms with Crippen LogP contribution in [0.15, 0.2) is 72.8 Å². The number of hydrogen-bond acceptors (Lipinski definition) is 2. The van der Waals surface area contributed by atoms with E-state index in [1.165, 1.54) is 5.56 Å². The number of unbranched alkanes of at least 4 members (excludes halogenated alkanes) is 1. The second kappa shape index (κ2) is 8.45. The largest absolute Gasteiger partial charge is 0.325 e. The van der Waals surface area contributed by atoms with Crippen LogP contribution in [0.2, 0.25) is 0 Å². The number of amides is 1. The molecule has 3 aromatic carbocycles. The van der Waals surface area contributed by atoms with Gasteiger partial charge < -0.3 is 11.1 Å². The molecule has 3 rings (SSSR count). The van der Waals surface area contributed by atoms with Crippen LogP contribution >= 0.6 is 0 Å². The summed E-state index contributed by atoms with van der Waals surface area (Å²) < 4.78 is 0. The molecule has 3 aromatic rings. The fourth-order valence-corrected chi connectivity index (χ4v) is 2.97. The van der Waals surface area contributed by atoms with Gasteiger partial charge in [-0.2, -0.15) is 0 Å². The van der Waals surface area contributed by atoms with Crippen molar-refractivity contribution in [2.75, 3.05) is 5.32 Å². The average molecular weight is 332 g/mol. The summed E-state index contributed by atoms with van der Waals surface area (Å²) in [5, 5.41) is 5.19. The van der Waals surface area contributed by atoms with E-state index >= 15 is 0 Å². The molecular formula is C22H24N2O. The van der Waals surface area contributed by atoms with E-state index in [1.54, 1.807) is 0 Å². The van der Waals surface area contributed by atoms with Crippen LogP contribution in [0.1, 0.15) is 24.8 Å². The summed E-state index contributed by atoms with van der Waals surface area (Å²) in [5.41, 5.74) is 8.17. The summed E-state index contributed by atoms with van der Waals surface area (Å²) in [4.78, 5) is 12.3. The highest BCUT2D eigenvalue weighted by atomic mass is 16.2. The molecule has 1 atom stereocenters. The lowest BCUT2D eigenvalue weighted by Gasteiger charge is -2.13. The molecule has 0 aromatic heterocycles. The number of benzene rings is 3. The first-order chi connectivity index (χ1) is 12.2. The number of rotatable bonds is 7.